The van der Waals surface area contributed by atoms with Gasteiger partial charge in [-0.1, -0.05) is 18.2 Å². The number of aromatic nitrogens is 1. The summed E-state index contributed by atoms with van der Waals surface area (Å²) in [6.45, 7) is 1.90. The lowest BCUT2D eigenvalue weighted by atomic mass is 10.1. The molecule has 0 radical (unpaired) electrons. The van der Waals surface area contributed by atoms with Gasteiger partial charge in [0.2, 0.25) is 5.91 Å². The molecular formula is C16H19ClN4O. The number of nitrogens with zero attached hydrogens (tertiary/aromatic N) is 2. The van der Waals surface area contributed by atoms with E-state index in [1.54, 1.807) is 13.2 Å². The summed E-state index contributed by atoms with van der Waals surface area (Å²) in [5.74, 6) is 0.934. The first-order valence-corrected chi connectivity index (χ1v) is 6.99. The summed E-state index contributed by atoms with van der Waals surface area (Å²) in [5, 5.41) is 5.82. The molecule has 2 aromatic rings. The molecule has 5 nitrogen and oxygen atoms in total. The monoisotopic (exact) mass is 318 g/mol. The molecule has 2 heterocycles. The number of hydrogen-bond donors (Lipinski definition) is 2. The van der Waals surface area contributed by atoms with Crippen LogP contribution in [0.25, 0.3) is 0 Å². The van der Waals surface area contributed by atoms with Gasteiger partial charge in [-0.3, -0.25) is 4.79 Å². The number of hydrogen-bond acceptors (Lipinski definition) is 4. The fraction of sp³-hybridized carbons (Fsp3) is 0.250. The molecule has 1 aliphatic heterocycles. The van der Waals surface area contributed by atoms with Gasteiger partial charge >= 0.3 is 0 Å². The number of halogens is 1. The molecule has 0 unspecified atom stereocenters. The highest BCUT2D eigenvalue weighted by Crippen LogP contribution is 2.31. The average molecular weight is 319 g/mol. The smallest absolute Gasteiger partial charge is 0.238 e. The van der Waals surface area contributed by atoms with Gasteiger partial charge in [0.1, 0.15) is 5.82 Å². The highest BCUT2D eigenvalue weighted by Gasteiger charge is 2.22. The van der Waals surface area contributed by atoms with Gasteiger partial charge in [0, 0.05) is 25.0 Å². The third-order valence-corrected chi connectivity index (χ3v) is 3.57. The van der Waals surface area contributed by atoms with E-state index in [1.165, 1.54) is 11.1 Å². The van der Waals surface area contributed by atoms with Gasteiger partial charge in [-0.05, 0) is 36.4 Å². The maximum absolute atomic E-state index is 11.8. The largest absolute Gasteiger partial charge is 0.348 e. The number of pyridine rings is 1. The minimum atomic E-state index is -0.0258. The molecule has 0 fully saturated rings. The Kier molecular flexibility index (Phi) is 5.35. The highest BCUT2D eigenvalue weighted by atomic mass is 35.5. The van der Waals surface area contributed by atoms with Crippen LogP contribution in [0.4, 0.5) is 11.5 Å². The molecule has 2 N–H and O–H groups in total. The normalized spacial score (nSPS) is 12.5. The first-order valence-electron chi connectivity index (χ1n) is 6.99. The zero-order valence-electron chi connectivity index (χ0n) is 12.4. The van der Waals surface area contributed by atoms with Crippen LogP contribution in [0.5, 0.6) is 0 Å². The number of anilines is 2. The molecule has 1 aliphatic rings. The second-order valence-corrected chi connectivity index (χ2v) is 5.07. The number of nitrogens with one attached hydrogen (secondary N) is 2. The zero-order chi connectivity index (χ0) is 14.7. The molecule has 0 spiro atoms. The molecule has 0 saturated heterocycles. The first kappa shape index (κ1) is 16.3. The predicted octanol–water partition coefficient (Wildman–Crippen LogP) is 2.18. The SMILES string of the molecule is CNCC(=O)Nc1cccc2c1CN(c1ccccn1)C2.Cl. The van der Waals surface area contributed by atoms with E-state index >= 15 is 0 Å². The van der Waals surface area contributed by atoms with Gasteiger partial charge in [-0.25, -0.2) is 4.98 Å². The Morgan fingerprint density at radius 3 is 2.82 bits per heavy atom. The standard InChI is InChI=1S/C16H18N4O.ClH/c1-17-9-16(21)19-14-6-4-5-12-10-20(11-13(12)14)15-7-2-3-8-18-15;/h2-8,17H,9-11H2,1H3,(H,19,21);1H. The van der Waals surface area contributed by atoms with Crippen LogP contribution in [0.15, 0.2) is 42.6 Å². The van der Waals surface area contributed by atoms with E-state index < -0.39 is 0 Å². The fourth-order valence-corrected chi connectivity index (χ4v) is 2.60. The van der Waals surface area contributed by atoms with Gasteiger partial charge in [-0.15, -0.1) is 12.4 Å². The minimum absolute atomic E-state index is 0. The Labute approximate surface area is 136 Å². The van der Waals surface area contributed by atoms with Crippen molar-refractivity contribution in [3.05, 3.63) is 53.7 Å². The van der Waals surface area contributed by atoms with Crippen LogP contribution in [0, 0.1) is 0 Å². The number of amides is 1. The molecule has 0 saturated carbocycles. The van der Waals surface area contributed by atoms with Gasteiger partial charge in [0.05, 0.1) is 6.54 Å². The average Bonchev–Trinajstić information content (AvgIpc) is 2.94. The van der Waals surface area contributed by atoms with Crippen molar-refractivity contribution in [1.82, 2.24) is 10.3 Å². The molecule has 0 atom stereocenters. The zero-order valence-corrected chi connectivity index (χ0v) is 13.2. The lowest BCUT2D eigenvalue weighted by Gasteiger charge is -2.16. The van der Waals surface area contributed by atoms with E-state index in [0.717, 1.165) is 24.6 Å². The molecule has 1 amide bonds. The maximum atomic E-state index is 11.8. The van der Waals surface area contributed by atoms with E-state index in [-0.39, 0.29) is 18.3 Å². The van der Waals surface area contributed by atoms with E-state index in [4.69, 9.17) is 0 Å². The van der Waals surface area contributed by atoms with E-state index in [1.807, 2.05) is 30.3 Å². The molecule has 0 bridgehead atoms. The molecule has 6 heteroatoms. The quantitative estimate of drug-likeness (QED) is 0.907. The number of rotatable bonds is 4. The maximum Gasteiger partial charge on any atom is 0.238 e. The van der Waals surface area contributed by atoms with Crippen molar-refractivity contribution in [2.75, 3.05) is 23.8 Å². The first-order chi connectivity index (χ1) is 10.3. The van der Waals surface area contributed by atoms with Crippen molar-refractivity contribution < 1.29 is 4.79 Å². The van der Waals surface area contributed by atoms with E-state index in [9.17, 15) is 4.79 Å². The molecular weight excluding hydrogens is 300 g/mol. The molecule has 0 aliphatic carbocycles. The van der Waals surface area contributed by atoms with Crippen molar-refractivity contribution in [1.29, 1.82) is 0 Å². The minimum Gasteiger partial charge on any atom is -0.348 e. The Balaban J connectivity index is 0.00000176. The van der Waals surface area contributed by atoms with Crippen LogP contribution in [0.1, 0.15) is 11.1 Å². The topological polar surface area (TPSA) is 57.3 Å². The predicted molar refractivity (Wildman–Crippen MR) is 90.4 cm³/mol. The Bertz CT molecular complexity index is 648. The van der Waals surface area contributed by atoms with Gasteiger partial charge in [0.25, 0.3) is 0 Å². The van der Waals surface area contributed by atoms with Crippen LogP contribution in [-0.4, -0.2) is 24.5 Å². The number of carbonyl (C=O) groups is 1. The third-order valence-electron chi connectivity index (χ3n) is 3.57. The van der Waals surface area contributed by atoms with Crippen LogP contribution in [0.3, 0.4) is 0 Å². The van der Waals surface area contributed by atoms with Crippen LogP contribution >= 0.6 is 12.4 Å². The van der Waals surface area contributed by atoms with Crippen molar-refractivity contribution in [3.63, 3.8) is 0 Å². The Morgan fingerprint density at radius 1 is 1.23 bits per heavy atom. The van der Waals surface area contributed by atoms with E-state index in [0.29, 0.717) is 6.54 Å². The van der Waals surface area contributed by atoms with Crippen molar-refractivity contribution >= 4 is 29.8 Å². The van der Waals surface area contributed by atoms with Gasteiger partial charge in [-0.2, -0.15) is 0 Å². The van der Waals surface area contributed by atoms with E-state index in [2.05, 4.69) is 26.6 Å². The number of carbonyl (C=O) groups excluding carboxylic acids is 1. The number of fused-ring (bicyclic) bond motifs is 1. The summed E-state index contributed by atoms with van der Waals surface area (Å²) in [5.41, 5.74) is 3.31. The third kappa shape index (κ3) is 3.37. The van der Waals surface area contributed by atoms with Gasteiger partial charge < -0.3 is 15.5 Å². The molecule has 3 rings (SSSR count). The van der Waals surface area contributed by atoms with Crippen LogP contribution in [0.2, 0.25) is 0 Å². The summed E-state index contributed by atoms with van der Waals surface area (Å²) in [6, 6.07) is 11.9. The second kappa shape index (κ2) is 7.24. The van der Waals surface area contributed by atoms with Crippen LogP contribution in [-0.2, 0) is 17.9 Å². The summed E-state index contributed by atoms with van der Waals surface area (Å²) in [6.07, 6.45) is 1.80. The van der Waals surface area contributed by atoms with Crippen molar-refractivity contribution in [2.24, 2.45) is 0 Å². The lowest BCUT2D eigenvalue weighted by molar-refractivity contribution is -0.115. The van der Waals surface area contributed by atoms with Crippen molar-refractivity contribution in [2.45, 2.75) is 13.1 Å². The van der Waals surface area contributed by atoms with Crippen LogP contribution < -0.4 is 15.5 Å². The Hall–Kier alpha value is -2.11. The summed E-state index contributed by atoms with van der Waals surface area (Å²) >= 11 is 0. The summed E-state index contributed by atoms with van der Waals surface area (Å²) in [4.78, 5) is 18.4. The summed E-state index contributed by atoms with van der Waals surface area (Å²) in [7, 11) is 1.76. The number of benzene rings is 1. The molecule has 1 aromatic heterocycles. The highest BCUT2D eigenvalue weighted by molar-refractivity contribution is 5.93. The second-order valence-electron chi connectivity index (χ2n) is 5.07. The molecule has 116 valence electrons. The molecule has 22 heavy (non-hydrogen) atoms. The number of likely N-dealkylation sites (N-methyl/N-ethyl adjacent to an activating group) is 1. The fourth-order valence-electron chi connectivity index (χ4n) is 2.60. The Morgan fingerprint density at radius 2 is 2.09 bits per heavy atom. The summed E-state index contributed by atoms with van der Waals surface area (Å²) < 4.78 is 0. The molecule has 1 aromatic carbocycles. The lowest BCUT2D eigenvalue weighted by Crippen LogP contribution is -2.25. The van der Waals surface area contributed by atoms with Gasteiger partial charge in [0.15, 0.2) is 0 Å². The van der Waals surface area contributed by atoms with Crippen molar-refractivity contribution in [3.8, 4) is 0 Å².